The summed E-state index contributed by atoms with van der Waals surface area (Å²) in [6.45, 7) is 6.45. The highest BCUT2D eigenvalue weighted by molar-refractivity contribution is 5.93. The fraction of sp³-hybridized carbons (Fsp3) is 0.545. The first kappa shape index (κ1) is 33.8. The summed E-state index contributed by atoms with van der Waals surface area (Å²) in [6.07, 6.45) is 1.98. The predicted octanol–water partition coefficient (Wildman–Crippen LogP) is 2.80. The number of carbonyl (C=O) groups is 3. The van der Waals surface area contributed by atoms with Crippen molar-refractivity contribution in [2.75, 3.05) is 78.7 Å². The van der Waals surface area contributed by atoms with E-state index in [0.29, 0.717) is 53.6 Å². The standard InChI is InChI=1S/C33H44N6O8/c1-6-46-20-29(41)38-13-12-37(33(42)26-14-21(2)47-36-26)11-9-28(40)34-17-22-8-7-10-39(18-22)32-23(19-38)15-24-25(35-32)16-27(43-3)31(45-5)30(24)44-4/h14-16,22H,6-13,17-20H2,1-5H3,(H,34,40). The first-order valence-corrected chi connectivity index (χ1v) is 16.0. The number of piperidine rings is 1. The molecule has 1 fully saturated rings. The van der Waals surface area contributed by atoms with E-state index in [1.54, 1.807) is 44.1 Å². The molecule has 1 unspecified atom stereocenters. The molecule has 1 N–H and O–H groups in total. The maximum absolute atomic E-state index is 13.7. The molecule has 1 saturated heterocycles. The van der Waals surface area contributed by atoms with Gasteiger partial charge in [-0.05, 0) is 38.7 Å². The van der Waals surface area contributed by atoms with Crippen molar-refractivity contribution >= 4 is 34.4 Å². The molecule has 5 rings (SSSR count). The molecule has 3 amide bonds. The average molecular weight is 653 g/mol. The van der Waals surface area contributed by atoms with E-state index in [-0.39, 0.29) is 68.5 Å². The van der Waals surface area contributed by atoms with Crippen molar-refractivity contribution in [1.82, 2.24) is 25.3 Å². The van der Waals surface area contributed by atoms with Crippen LogP contribution in [0.2, 0.25) is 0 Å². The number of amides is 3. The third kappa shape index (κ3) is 7.70. The van der Waals surface area contributed by atoms with E-state index in [4.69, 9.17) is 28.5 Å². The van der Waals surface area contributed by atoms with Gasteiger partial charge in [-0.25, -0.2) is 4.98 Å². The van der Waals surface area contributed by atoms with Crippen molar-refractivity contribution in [2.24, 2.45) is 5.92 Å². The first-order chi connectivity index (χ1) is 22.8. The van der Waals surface area contributed by atoms with Crippen LogP contribution < -0.4 is 24.4 Å². The highest BCUT2D eigenvalue weighted by Gasteiger charge is 2.29. The molecule has 0 saturated carbocycles. The molecule has 1 atom stereocenters. The molecular formula is C33H44N6O8. The minimum atomic E-state index is -0.378. The molecule has 14 heteroatoms. The molecule has 47 heavy (non-hydrogen) atoms. The Balaban J connectivity index is 1.61. The number of pyridine rings is 1. The minimum Gasteiger partial charge on any atom is -0.493 e. The lowest BCUT2D eigenvalue weighted by molar-refractivity contribution is -0.136. The molecule has 3 aromatic rings. The number of carbonyl (C=O) groups excluding carboxylic acids is 3. The second-order valence-corrected chi connectivity index (χ2v) is 11.8. The van der Waals surface area contributed by atoms with Gasteiger partial charge in [0.25, 0.3) is 5.91 Å². The van der Waals surface area contributed by atoms with Gasteiger partial charge in [0.1, 0.15) is 18.2 Å². The summed E-state index contributed by atoms with van der Waals surface area (Å²) >= 11 is 0. The van der Waals surface area contributed by atoms with Crippen molar-refractivity contribution in [2.45, 2.75) is 39.7 Å². The maximum Gasteiger partial charge on any atom is 0.276 e. The molecule has 1 aromatic carbocycles. The Labute approximate surface area is 274 Å². The SMILES string of the molecule is CCOCC(=O)N1CCN(C(=O)c2cc(C)on2)CCC(=O)NCC2CCCN(C2)c2nc3cc(OC)c(OC)c(OC)c3cc2C1. The lowest BCUT2D eigenvalue weighted by Gasteiger charge is -2.35. The number of ether oxygens (including phenoxy) is 4. The van der Waals surface area contributed by atoms with Crippen molar-refractivity contribution in [1.29, 1.82) is 0 Å². The molecule has 2 aliphatic rings. The Hall–Kier alpha value is -4.59. The van der Waals surface area contributed by atoms with Gasteiger partial charge in [-0.15, -0.1) is 0 Å². The van der Waals surface area contributed by atoms with E-state index >= 15 is 0 Å². The fourth-order valence-corrected chi connectivity index (χ4v) is 6.18. The number of benzene rings is 1. The summed E-state index contributed by atoms with van der Waals surface area (Å²) in [5.74, 6) is 2.06. The third-order valence-corrected chi connectivity index (χ3v) is 8.61. The zero-order chi connectivity index (χ0) is 33.5. The van der Waals surface area contributed by atoms with Gasteiger partial charge in [-0.3, -0.25) is 14.4 Å². The summed E-state index contributed by atoms with van der Waals surface area (Å²) in [7, 11) is 4.68. The largest absolute Gasteiger partial charge is 0.493 e. The molecule has 0 aliphatic carbocycles. The molecule has 14 nitrogen and oxygen atoms in total. The number of methoxy groups -OCH3 is 3. The van der Waals surface area contributed by atoms with Crippen molar-refractivity contribution in [3.8, 4) is 17.2 Å². The predicted molar refractivity (Wildman–Crippen MR) is 173 cm³/mol. The zero-order valence-electron chi connectivity index (χ0n) is 27.8. The van der Waals surface area contributed by atoms with Gasteiger partial charge < -0.3 is 43.5 Å². The van der Waals surface area contributed by atoms with Gasteiger partial charge in [-0.2, -0.15) is 0 Å². The molecule has 2 aliphatic heterocycles. The summed E-state index contributed by atoms with van der Waals surface area (Å²) < 4.78 is 27.8. The van der Waals surface area contributed by atoms with E-state index in [2.05, 4.69) is 15.4 Å². The Morgan fingerprint density at radius 3 is 2.51 bits per heavy atom. The number of aryl methyl sites for hydroxylation is 1. The quantitative estimate of drug-likeness (QED) is 0.402. The Bertz CT molecular complexity index is 1590. The smallest absolute Gasteiger partial charge is 0.276 e. The van der Waals surface area contributed by atoms with Crippen molar-refractivity contribution in [3.05, 3.63) is 35.2 Å². The molecule has 0 spiro atoms. The van der Waals surface area contributed by atoms with E-state index in [9.17, 15) is 14.4 Å². The van der Waals surface area contributed by atoms with Crippen LogP contribution in [0.5, 0.6) is 17.2 Å². The fourth-order valence-electron chi connectivity index (χ4n) is 6.18. The summed E-state index contributed by atoms with van der Waals surface area (Å²) in [6, 6.07) is 5.37. The van der Waals surface area contributed by atoms with E-state index in [1.165, 1.54) is 0 Å². The monoisotopic (exact) mass is 652 g/mol. The van der Waals surface area contributed by atoms with Crippen molar-refractivity contribution < 1.29 is 37.9 Å². The number of rotatable bonds is 7. The number of nitrogens with one attached hydrogen (secondary N) is 1. The molecular weight excluding hydrogens is 608 g/mol. The van der Waals surface area contributed by atoms with Gasteiger partial charge in [-0.1, -0.05) is 5.16 Å². The number of hydrogen-bond acceptors (Lipinski definition) is 11. The van der Waals surface area contributed by atoms with Gasteiger partial charge in [0.2, 0.25) is 17.6 Å². The van der Waals surface area contributed by atoms with Crippen LogP contribution in [-0.4, -0.2) is 111 Å². The lowest BCUT2D eigenvalue weighted by Crippen LogP contribution is -2.43. The number of nitrogens with zero attached hydrogens (tertiary/aromatic N) is 5. The molecule has 0 radical (unpaired) electrons. The summed E-state index contributed by atoms with van der Waals surface area (Å²) in [5, 5.41) is 7.68. The van der Waals surface area contributed by atoms with Crippen LogP contribution in [0.15, 0.2) is 22.7 Å². The molecule has 4 heterocycles. The molecule has 254 valence electrons. The van der Waals surface area contributed by atoms with Crippen LogP contribution in [-0.2, 0) is 20.9 Å². The highest BCUT2D eigenvalue weighted by atomic mass is 16.5. The van der Waals surface area contributed by atoms with Gasteiger partial charge in [0.05, 0.1) is 26.8 Å². The average Bonchev–Trinajstić information content (AvgIpc) is 3.53. The van der Waals surface area contributed by atoms with E-state index in [0.717, 1.165) is 30.8 Å². The van der Waals surface area contributed by atoms with E-state index < -0.39 is 0 Å². The second kappa shape index (κ2) is 15.3. The lowest BCUT2D eigenvalue weighted by atomic mass is 9.97. The second-order valence-electron chi connectivity index (χ2n) is 11.8. The Morgan fingerprint density at radius 1 is 1.02 bits per heavy atom. The summed E-state index contributed by atoms with van der Waals surface area (Å²) in [4.78, 5) is 50.8. The number of fused-ring (bicyclic) bond motifs is 5. The summed E-state index contributed by atoms with van der Waals surface area (Å²) in [5.41, 5.74) is 1.60. The van der Waals surface area contributed by atoms with Crippen LogP contribution >= 0.6 is 0 Å². The molecule has 2 aromatic heterocycles. The Kier molecular flexibility index (Phi) is 11.0. The number of anilines is 1. The maximum atomic E-state index is 13.7. The normalized spacial score (nSPS) is 17.8. The first-order valence-electron chi connectivity index (χ1n) is 16.0. The topological polar surface area (TPSA) is 149 Å². The van der Waals surface area contributed by atoms with Crippen LogP contribution in [0.25, 0.3) is 10.9 Å². The van der Waals surface area contributed by atoms with Gasteiger partial charge >= 0.3 is 0 Å². The minimum absolute atomic E-state index is 0.114. The highest BCUT2D eigenvalue weighted by Crippen LogP contribution is 2.44. The number of aromatic nitrogens is 2. The van der Waals surface area contributed by atoms with Gasteiger partial charge in [0.15, 0.2) is 17.2 Å². The third-order valence-electron chi connectivity index (χ3n) is 8.61. The Morgan fingerprint density at radius 2 is 1.81 bits per heavy atom. The van der Waals surface area contributed by atoms with Crippen molar-refractivity contribution in [3.63, 3.8) is 0 Å². The van der Waals surface area contributed by atoms with Crippen LogP contribution in [0.4, 0.5) is 5.82 Å². The molecule has 2 bridgehead atoms. The van der Waals surface area contributed by atoms with Crippen LogP contribution in [0.3, 0.4) is 0 Å². The van der Waals surface area contributed by atoms with Gasteiger partial charge in [0, 0.05) is 81.9 Å². The number of hydrogen-bond donors (Lipinski definition) is 1. The van der Waals surface area contributed by atoms with E-state index in [1.807, 2.05) is 19.1 Å². The zero-order valence-corrected chi connectivity index (χ0v) is 27.8. The van der Waals surface area contributed by atoms with Crippen LogP contribution in [0.1, 0.15) is 48.0 Å². The van der Waals surface area contributed by atoms with Crippen LogP contribution in [0, 0.1) is 12.8 Å².